The third-order valence-electron chi connectivity index (χ3n) is 2.44. The summed E-state index contributed by atoms with van der Waals surface area (Å²) in [5.74, 6) is 0. The van der Waals surface area contributed by atoms with Crippen LogP contribution in [-0.4, -0.2) is 5.11 Å². The fraction of sp³-hybridized carbons (Fsp3) is 0.500. The molecule has 0 atom stereocenters. The van der Waals surface area contributed by atoms with Gasteiger partial charge in [-0.25, -0.2) is 0 Å². The lowest BCUT2D eigenvalue weighted by Crippen LogP contribution is -1.92. The second-order valence-corrected chi connectivity index (χ2v) is 4.46. The van der Waals surface area contributed by atoms with Crippen molar-refractivity contribution >= 4 is 23.2 Å². The first-order chi connectivity index (χ1) is 7.19. The van der Waals surface area contributed by atoms with Crippen LogP contribution in [0, 0.1) is 0 Å². The van der Waals surface area contributed by atoms with E-state index in [2.05, 4.69) is 6.92 Å². The zero-order valence-corrected chi connectivity index (χ0v) is 10.4. The van der Waals surface area contributed by atoms with Crippen molar-refractivity contribution in [2.45, 2.75) is 39.2 Å². The van der Waals surface area contributed by atoms with Crippen molar-refractivity contribution in [1.82, 2.24) is 0 Å². The first kappa shape index (κ1) is 12.8. The molecule has 1 nitrogen and oxygen atoms in total. The number of halogens is 2. The van der Waals surface area contributed by atoms with Crippen LogP contribution in [0.3, 0.4) is 0 Å². The van der Waals surface area contributed by atoms with Gasteiger partial charge in [-0.05, 0) is 36.1 Å². The Morgan fingerprint density at radius 2 is 1.67 bits per heavy atom. The summed E-state index contributed by atoms with van der Waals surface area (Å²) in [6, 6.07) is 3.62. The van der Waals surface area contributed by atoms with Crippen molar-refractivity contribution in [3.63, 3.8) is 0 Å². The van der Waals surface area contributed by atoms with E-state index in [0.717, 1.165) is 18.4 Å². The van der Waals surface area contributed by atoms with Crippen molar-refractivity contribution in [3.8, 4) is 0 Å². The molecule has 1 aromatic carbocycles. The Kier molecular flexibility index (Phi) is 5.44. The minimum Gasteiger partial charge on any atom is -0.392 e. The number of benzene rings is 1. The molecule has 0 aliphatic carbocycles. The predicted octanol–water partition coefficient (Wildman–Crippen LogP) is 4.22. The van der Waals surface area contributed by atoms with Gasteiger partial charge in [0, 0.05) is 10.0 Å². The van der Waals surface area contributed by atoms with E-state index in [9.17, 15) is 0 Å². The van der Waals surface area contributed by atoms with Crippen LogP contribution in [0.2, 0.25) is 10.0 Å². The highest BCUT2D eigenvalue weighted by atomic mass is 35.5. The van der Waals surface area contributed by atoms with Gasteiger partial charge < -0.3 is 5.11 Å². The van der Waals surface area contributed by atoms with Crippen LogP contribution >= 0.6 is 23.2 Å². The summed E-state index contributed by atoms with van der Waals surface area (Å²) in [6.45, 7) is 2.11. The molecule has 3 heteroatoms. The average molecular weight is 247 g/mol. The zero-order valence-electron chi connectivity index (χ0n) is 8.89. The molecule has 0 heterocycles. The molecule has 0 fully saturated rings. The number of hydrogen-bond donors (Lipinski definition) is 1. The predicted molar refractivity (Wildman–Crippen MR) is 65.6 cm³/mol. The molecule has 0 bridgehead atoms. The maximum absolute atomic E-state index is 9.00. The van der Waals surface area contributed by atoms with Crippen molar-refractivity contribution in [3.05, 3.63) is 33.3 Å². The second-order valence-electron chi connectivity index (χ2n) is 3.65. The SMILES string of the molecule is CCCCCc1cc(Cl)c(CO)cc1Cl. The van der Waals surface area contributed by atoms with Gasteiger partial charge in [0.15, 0.2) is 0 Å². The van der Waals surface area contributed by atoms with Gasteiger partial charge in [-0.2, -0.15) is 0 Å². The minimum absolute atomic E-state index is 0.0617. The summed E-state index contributed by atoms with van der Waals surface area (Å²) in [5.41, 5.74) is 1.77. The van der Waals surface area contributed by atoms with E-state index in [-0.39, 0.29) is 6.61 Å². The quantitative estimate of drug-likeness (QED) is 0.772. The zero-order chi connectivity index (χ0) is 11.3. The van der Waals surface area contributed by atoms with Gasteiger partial charge in [-0.1, -0.05) is 43.0 Å². The molecule has 0 saturated carbocycles. The topological polar surface area (TPSA) is 20.2 Å². The van der Waals surface area contributed by atoms with Crippen molar-refractivity contribution in [1.29, 1.82) is 0 Å². The lowest BCUT2D eigenvalue weighted by atomic mass is 10.1. The highest BCUT2D eigenvalue weighted by Gasteiger charge is 2.06. The average Bonchev–Trinajstić information content (AvgIpc) is 2.23. The Bertz CT molecular complexity index is 324. The van der Waals surface area contributed by atoms with Gasteiger partial charge in [0.05, 0.1) is 6.61 Å². The van der Waals surface area contributed by atoms with E-state index in [4.69, 9.17) is 28.3 Å². The van der Waals surface area contributed by atoms with Crippen molar-refractivity contribution in [2.75, 3.05) is 0 Å². The van der Waals surface area contributed by atoms with Gasteiger partial charge in [0.25, 0.3) is 0 Å². The number of aliphatic hydroxyl groups is 1. The molecule has 0 saturated heterocycles. The van der Waals surface area contributed by atoms with Crippen LogP contribution < -0.4 is 0 Å². The molecule has 0 amide bonds. The molecule has 1 aromatic rings. The molecule has 0 spiro atoms. The molecular weight excluding hydrogens is 231 g/mol. The van der Waals surface area contributed by atoms with Gasteiger partial charge in [-0.3, -0.25) is 0 Å². The van der Waals surface area contributed by atoms with E-state index >= 15 is 0 Å². The molecule has 84 valence electrons. The van der Waals surface area contributed by atoms with Gasteiger partial charge in [-0.15, -0.1) is 0 Å². The standard InChI is InChI=1S/C12H16Cl2O/c1-2-3-4-5-9-6-12(14)10(8-15)7-11(9)13/h6-7,15H,2-5,8H2,1H3. The third-order valence-corrected chi connectivity index (χ3v) is 3.14. The smallest absolute Gasteiger partial charge is 0.0696 e. The molecule has 0 unspecified atom stereocenters. The van der Waals surface area contributed by atoms with Crippen LogP contribution in [0.15, 0.2) is 12.1 Å². The van der Waals surface area contributed by atoms with E-state index in [1.807, 2.05) is 6.07 Å². The van der Waals surface area contributed by atoms with Gasteiger partial charge >= 0.3 is 0 Å². The van der Waals surface area contributed by atoms with Crippen molar-refractivity contribution in [2.24, 2.45) is 0 Å². The van der Waals surface area contributed by atoms with E-state index < -0.39 is 0 Å². The highest BCUT2D eigenvalue weighted by molar-refractivity contribution is 6.34. The fourth-order valence-corrected chi connectivity index (χ4v) is 2.03. The number of aliphatic hydroxyl groups excluding tert-OH is 1. The fourth-order valence-electron chi connectivity index (χ4n) is 1.51. The Morgan fingerprint density at radius 3 is 2.27 bits per heavy atom. The van der Waals surface area contributed by atoms with Gasteiger partial charge in [0.1, 0.15) is 0 Å². The summed E-state index contributed by atoms with van der Waals surface area (Å²) < 4.78 is 0. The van der Waals surface area contributed by atoms with Crippen LogP contribution in [0.4, 0.5) is 0 Å². The van der Waals surface area contributed by atoms with Crippen LogP contribution in [-0.2, 0) is 13.0 Å². The second kappa shape index (κ2) is 6.37. The molecule has 0 aliphatic rings. The van der Waals surface area contributed by atoms with E-state index in [1.165, 1.54) is 12.8 Å². The number of rotatable bonds is 5. The van der Waals surface area contributed by atoms with Crippen LogP contribution in [0.25, 0.3) is 0 Å². The maximum atomic E-state index is 9.00. The van der Waals surface area contributed by atoms with Crippen LogP contribution in [0.1, 0.15) is 37.3 Å². The number of hydrogen-bond acceptors (Lipinski definition) is 1. The summed E-state index contributed by atoms with van der Waals surface area (Å²) in [4.78, 5) is 0. The monoisotopic (exact) mass is 246 g/mol. The molecule has 1 N–H and O–H groups in total. The molecule has 0 aliphatic heterocycles. The Morgan fingerprint density at radius 1 is 1.07 bits per heavy atom. The summed E-state index contributed by atoms with van der Waals surface area (Å²) in [7, 11) is 0. The third kappa shape index (κ3) is 3.67. The van der Waals surface area contributed by atoms with Crippen LogP contribution in [0.5, 0.6) is 0 Å². The lowest BCUT2D eigenvalue weighted by Gasteiger charge is -2.07. The largest absolute Gasteiger partial charge is 0.392 e. The summed E-state index contributed by atoms with van der Waals surface area (Å²) in [5, 5.41) is 10.3. The highest BCUT2D eigenvalue weighted by Crippen LogP contribution is 2.26. The van der Waals surface area contributed by atoms with E-state index in [1.54, 1.807) is 6.07 Å². The Hall–Kier alpha value is -0.240. The maximum Gasteiger partial charge on any atom is 0.0696 e. The number of aryl methyl sites for hydroxylation is 1. The summed E-state index contributed by atoms with van der Waals surface area (Å²) >= 11 is 12.1. The summed E-state index contributed by atoms with van der Waals surface area (Å²) in [6.07, 6.45) is 4.49. The molecular formula is C12H16Cl2O. The minimum atomic E-state index is -0.0617. The Balaban J connectivity index is 2.76. The van der Waals surface area contributed by atoms with Crippen molar-refractivity contribution < 1.29 is 5.11 Å². The first-order valence-corrected chi connectivity index (χ1v) is 6.02. The Labute approximate surface area is 101 Å². The molecule has 0 aromatic heterocycles. The molecule has 1 rings (SSSR count). The normalized spacial score (nSPS) is 10.7. The van der Waals surface area contributed by atoms with E-state index in [0.29, 0.717) is 15.6 Å². The first-order valence-electron chi connectivity index (χ1n) is 5.26. The van der Waals surface area contributed by atoms with Gasteiger partial charge in [0.2, 0.25) is 0 Å². The molecule has 15 heavy (non-hydrogen) atoms. The lowest BCUT2D eigenvalue weighted by molar-refractivity contribution is 0.282. The number of unbranched alkanes of at least 4 members (excludes halogenated alkanes) is 2. The molecule has 0 radical (unpaired) electrons.